The van der Waals surface area contributed by atoms with Crippen molar-refractivity contribution in [2.45, 2.75) is 38.8 Å². The number of likely N-dealkylation sites (N-methyl/N-ethyl adjacent to an activating group) is 1. The second kappa shape index (κ2) is 6.64. The van der Waals surface area contributed by atoms with Gasteiger partial charge < -0.3 is 10.1 Å². The number of nitrogens with zero attached hydrogens (tertiary/aromatic N) is 1. The first-order chi connectivity index (χ1) is 8.70. The Bertz CT molecular complexity index is 369. The van der Waals surface area contributed by atoms with Crippen LogP contribution in [0.1, 0.15) is 26.0 Å². The molecule has 18 heavy (non-hydrogen) atoms. The van der Waals surface area contributed by atoms with E-state index in [2.05, 4.69) is 46.1 Å². The zero-order valence-electron chi connectivity index (χ0n) is 11.0. The van der Waals surface area contributed by atoms with Gasteiger partial charge in [-0.25, -0.2) is 0 Å². The van der Waals surface area contributed by atoms with Crippen LogP contribution in [0.4, 0.5) is 0 Å². The largest absolute Gasteiger partial charge is 0.376 e. The highest BCUT2D eigenvalue weighted by Crippen LogP contribution is 2.24. The fourth-order valence-electron chi connectivity index (χ4n) is 2.55. The summed E-state index contributed by atoms with van der Waals surface area (Å²) in [4.78, 5) is 4.45. The maximum atomic E-state index is 5.88. The molecule has 0 radical (unpaired) electrons. The van der Waals surface area contributed by atoms with Gasteiger partial charge in [-0.3, -0.25) is 4.98 Å². The Hall–Kier alpha value is -0.450. The summed E-state index contributed by atoms with van der Waals surface area (Å²) >= 11 is 3.42. The van der Waals surface area contributed by atoms with Crippen LogP contribution in [-0.2, 0) is 11.2 Å². The van der Waals surface area contributed by atoms with Crippen molar-refractivity contribution in [3.05, 3.63) is 28.5 Å². The van der Waals surface area contributed by atoms with Gasteiger partial charge in [-0.2, -0.15) is 0 Å². The van der Waals surface area contributed by atoms with Crippen LogP contribution < -0.4 is 5.32 Å². The number of pyridine rings is 1. The van der Waals surface area contributed by atoms with Gasteiger partial charge >= 0.3 is 0 Å². The van der Waals surface area contributed by atoms with Crippen LogP contribution >= 0.6 is 15.9 Å². The van der Waals surface area contributed by atoms with Crippen molar-refractivity contribution in [1.29, 1.82) is 0 Å². The van der Waals surface area contributed by atoms with Crippen LogP contribution in [0.25, 0.3) is 0 Å². The lowest BCUT2D eigenvalue weighted by atomic mass is 9.94. The summed E-state index contributed by atoms with van der Waals surface area (Å²) in [6.45, 7) is 6.27. The maximum Gasteiger partial charge on any atom is 0.0758 e. The topological polar surface area (TPSA) is 34.2 Å². The van der Waals surface area contributed by atoms with E-state index in [0.717, 1.165) is 29.7 Å². The normalized spacial score (nSPS) is 25.3. The lowest BCUT2D eigenvalue weighted by Crippen LogP contribution is -2.43. The molecule has 1 saturated heterocycles. The lowest BCUT2D eigenvalue weighted by Gasteiger charge is -2.26. The quantitative estimate of drug-likeness (QED) is 0.908. The zero-order chi connectivity index (χ0) is 13.0. The Morgan fingerprint density at radius 1 is 1.56 bits per heavy atom. The number of ether oxygens (including phenoxy) is 1. The second-order valence-electron chi connectivity index (χ2n) is 4.94. The predicted molar refractivity (Wildman–Crippen MR) is 76.6 cm³/mol. The molecule has 100 valence electrons. The van der Waals surface area contributed by atoms with Crippen LogP contribution in [0.3, 0.4) is 0 Å². The van der Waals surface area contributed by atoms with E-state index in [1.807, 2.05) is 12.3 Å². The van der Waals surface area contributed by atoms with E-state index in [1.165, 1.54) is 6.42 Å². The highest BCUT2D eigenvalue weighted by atomic mass is 79.9. The molecule has 1 N–H and O–H groups in total. The van der Waals surface area contributed by atoms with Crippen LogP contribution in [-0.4, -0.2) is 30.3 Å². The van der Waals surface area contributed by atoms with E-state index in [0.29, 0.717) is 18.1 Å². The van der Waals surface area contributed by atoms with Crippen LogP contribution in [0.5, 0.6) is 0 Å². The van der Waals surface area contributed by atoms with Gasteiger partial charge in [-0.15, -0.1) is 0 Å². The SMILES string of the molecule is CCNC(Cc1ccc(Br)cn1)C1OCCC1C. The molecule has 0 spiro atoms. The number of hydrogen-bond donors (Lipinski definition) is 1. The van der Waals surface area contributed by atoms with Crippen LogP contribution in [0.15, 0.2) is 22.8 Å². The Morgan fingerprint density at radius 3 is 2.94 bits per heavy atom. The van der Waals surface area contributed by atoms with Crippen LogP contribution in [0.2, 0.25) is 0 Å². The number of halogens is 1. The summed E-state index contributed by atoms with van der Waals surface area (Å²) in [5.74, 6) is 0.629. The number of nitrogens with one attached hydrogen (secondary N) is 1. The summed E-state index contributed by atoms with van der Waals surface area (Å²) in [6.07, 6.45) is 4.27. The Morgan fingerprint density at radius 2 is 2.39 bits per heavy atom. The molecule has 1 aromatic rings. The van der Waals surface area contributed by atoms with Gasteiger partial charge in [0.05, 0.1) is 6.10 Å². The first-order valence-corrected chi connectivity index (χ1v) is 7.45. The van der Waals surface area contributed by atoms with Crippen molar-refractivity contribution in [2.24, 2.45) is 5.92 Å². The highest BCUT2D eigenvalue weighted by Gasteiger charge is 2.31. The van der Waals surface area contributed by atoms with Gasteiger partial charge in [0.25, 0.3) is 0 Å². The average Bonchev–Trinajstić information content (AvgIpc) is 2.78. The molecule has 0 saturated carbocycles. The molecule has 0 aliphatic carbocycles. The van der Waals surface area contributed by atoms with E-state index >= 15 is 0 Å². The first kappa shape index (κ1) is 14.0. The summed E-state index contributed by atoms with van der Waals surface area (Å²) in [5, 5.41) is 3.54. The van der Waals surface area contributed by atoms with E-state index in [-0.39, 0.29) is 0 Å². The molecule has 1 fully saturated rings. The minimum absolute atomic E-state index is 0.315. The predicted octanol–water partition coefficient (Wildman–Crippen LogP) is 2.79. The monoisotopic (exact) mass is 312 g/mol. The molecule has 3 unspecified atom stereocenters. The molecule has 3 atom stereocenters. The molecule has 2 heterocycles. The van der Waals surface area contributed by atoms with Gasteiger partial charge in [-0.05, 0) is 46.9 Å². The van der Waals surface area contributed by atoms with Crippen LogP contribution in [0, 0.1) is 5.92 Å². The highest BCUT2D eigenvalue weighted by molar-refractivity contribution is 9.10. The Labute approximate surface area is 117 Å². The van der Waals surface area contributed by atoms with Crippen molar-refractivity contribution < 1.29 is 4.74 Å². The molecular weight excluding hydrogens is 292 g/mol. The summed E-state index contributed by atoms with van der Waals surface area (Å²) in [6, 6.07) is 4.49. The van der Waals surface area contributed by atoms with E-state index < -0.39 is 0 Å². The molecule has 0 bridgehead atoms. The molecule has 4 heteroatoms. The third-order valence-corrected chi connectivity index (χ3v) is 3.99. The van der Waals surface area contributed by atoms with Crippen molar-refractivity contribution in [3.63, 3.8) is 0 Å². The average molecular weight is 313 g/mol. The summed E-state index contributed by atoms with van der Waals surface area (Å²) in [5.41, 5.74) is 1.12. The molecule has 0 aromatic carbocycles. The minimum Gasteiger partial charge on any atom is -0.376 e. The van der Waals surface area contributed by atoms with Crippen molar-refractivity contribution in [1.82, 2.24) is 10.3 Å². The maximum absolute atomic E-state index is 5.88. The van der Waals surface area contributed by atoms with Gasteiger partial charge in [0.1, 0.15) is 0 Å². The summed E-state index contributed by atoms with van der Waals surface area (Å²) < 4.78 is 6.90. The van der Waals surface area contributed by atoms with Gasteiger partial charge in [-0.1, -0.05) is 13.8 Å². The van der Waals surface area contributed by atoms with Gasteiger partial charge in [0, 0.05) is 35.4 Å². The molecular formula is C14H21BrN2O. The first-order valence-electron chi connectivity index (χ1n) is 6.66. The Kier molecular flexibility index (Phi) is 5.15. The molecule has 1 aromatic heterocycles. The fraction of sp³-hybridized carbons (Fsp3) is 0.643. The van der Waals surface area contributed by atoms with E-state index in [4.69, 9.17) is 4.74 Å². The minimum atomic E-state index is 0.315. The number of rotatable bonds is 5. The Balaban J connectivity index is 2.03. The molecule has 2 rings (SSSR count). The third-order valence-electron chi connectivity index (χ3n) is 3.52. The smallest absolute Gasteiger partial charge is 0.0758 e. The van der Waals surface area contributed by atoms with Crippen molar-refractivity contribution >= 4 is 15.9 Å². The van der Waals surface area contributed by atoms with Gasteiger partial charge in [0.15, 0.2) is 0 Å². The molecule has 0 amide bonds. The van der Waals surface area contributed by atoms with E-state index in [9.17, 15) is 0 Å². The standard InChI is InChI=1S/C14H21BrN2O/c1-3-16-13(14-10(2)6-7-18-14)8-12-5-4-11(15)9-17-12/h4-5,9-10,13-14,16H,3,6-8H2,1-2H3. The van der Waals surface area contributed by atoms with Gasteiger partial charge in [0.2, 0.25) is 0 Å². The second-order valence-corrected chi connectivity index (χ2v) is 5.85. The zero-order valence-corrected chi connectivity index (χ0v) is 12.6. The third kappa shape index (κ3) is 3.53. The van der Waals surface area contributed by atoms with E-state index in [1.54, 1.807) is 0 Å². The number of hydrogen-bond acceptors (Lipinski definition) is 3. The molecule has 3 nitrogen and oxygen atoms in total. The fourth-order valence-corrected chi connectivity index (χ4v) is 2.78. The van der Waals surface area contributed by atoms with Crippen molar-refractivity contribution in [2.75, 3.05) is 13.2 Å². The lowest BCUT2D eigenvalue weighted by molar-refractivity contribution is 0.0612. The number of aromatic nitrogens is 1. The molecule has 1 aliphatic heterocycles. The summed E-state index contributed by atoms with van der Waals surface area (Å²) in [7, 11) is 0. The molecule has 1 aliphatic rings. The van der Waals surface area contributed by atoms with Crippen molar-refractivity contribution in [3.8, 4) is 0 Å².